The Hall–Kier alpha value is -3.50. The highest BCUT2D eigenvalue weighted by Crippen LogP contribution is 2.34. The molecule has 4 aromatic rings. The molecule has 3 N–H and O–H groups in total. The first-order valence-electron chi connectivity index (χ1n) is 11.1. The molecule has 0 saturated carbocycles. The molecule has 1 aliphatic heterocycles. The van der Waals surface area contributed by atoms with Crippen LogP contribution in [-0.2, 0) is 0 Å². The standard InChI is InChI=1S/C24H22BrClN6O3/c25-17-13-29-32-22(12-19(31-23(17)32)16-5-1-2-6-18(16)26)27-9-3-4-10-28-24(33)30-15-7-8-20-21(11-15)35-14-34-20/h1-2,5-8,11-13,27H,3-4,9-10,14H2,(H2,28,30,33). The van der Waals surface area contributed by atoms with Crippen LogP contribution in [0.15, 0.2) is 59.2 Å². The average Bonchev–Trinajstić information content (AvgIpc) is 3.48. The smallest absolute Gasteiger partial charge is 0.319 e. The van der Waals surface area contributed by atoms with Crippen molar-refractivity contribution >= 4 is 50.7 Å². The van der Waals surface area contributed by atoms with Gasteiger partial charge in [0.1, 0.15) is 5.82 Å². The molecule has 0 fully saturated rings. The molecule has 11 heteroatoms. The van der Waals surface area contributed by atoms with E-state index >= 15 is 0 Å². The van der Waals surface area contributed by atoms with E-state index in [4.69, 9.17) is 26.1 Å². The number of rotatable bonds is 8. The Labute approximate surface area is 214 Å². The van der Waals surface area contributed by atoms with Gasteiger partial charge in [0, 0.05) is 41.5 Å². The van der Waals surface area contributed by atoms with Gasteiger partial charge in [-0.15, -0.1) is 0 Å². The summed E-state index contributed by atoms with van der Waals surface area (Å²) in [6.07, 6.45) is 3.36. The molecular formula is C24H22BrClN6O3. The quantitative estimate of drug-likeness (QED) is 0.245. The molecule has 0 unspecified atom stereocenters. The first kappa shape index (κ1) is 23.3. The molecule has 5 rings (SSSR count). The third-order valence-electron chi connectivity index (χ3n) is 5.40. The van der Waals surface area contributed by atoms with Gasteiger partial charge in [0.15, 0.2) is 17.1 Å². The maximum Gasteiger partial charge on any atom is 0.319 e. The number of hydrogen-bond donors (Lipinski definition) is 3. The summed E-state index contributed by atoms with van der Waals surface area (Å²) in [7, 11) is 0. The second kappa shape index (κ2) is 10.4. The molecular weight excluding hydrogens is 536 g/mol. The molecule has 180 valence electrons. The van der Waals surface area contributed by atoms with Gasteiger partial charge in [-0.3, -0.25) is 0 Å². The lowest BCUT2D eigenvalue weighted by Gasteiger charge is -2.12. The molecule has 0 aliphatic carbocycles. The van der Waals surface area contributed by atoms with Gasteiger partial charge in [0.2, 0.25) is 6.79 Å². The van der Waals surface area contributed by atoms with Crippen LogP contribution in [0.3, 0.4) is 0 Å². The predicted octanol–water partition coefficient (Wildman–Crippen LogP) is 5.55. The van der Waals surface area contributed by atoms with Crippen LogP contribution in [0.25, 0.3) is 16.9 Å². The number of carbonyl (C=O) groups is 1. The Balaban J connectivity index is 1.13. The number of hydrogen-bond acceptors (Lipinski definition) is 6. The summed E-state index contributed by atoms with van der Waals surface area (Å²) in [5.74, 6) is 2.11. The molecule has 0 bridgehead atoms. The maximum atomic E-state index is 12.2. The van der Waals surface area contributed by atoms with Crippen LogP contribution in [-0.4, -0.2) is 40.5 Å². The van der Waals surface area contributed by atoms with E-state index in [1.54, 1.807) is 28.9 Å². The van der Waals surface area contributed by atoms with Gasteiger partial charge in [-0.05, 0) is 47.0 Å². The first-order chi connectivity index (χ1) is 17.1. The number of aromatic nitrogens is 3. The van der Waals surface area contributed by atoms with Crippen molar-refractivity contribution in [3.8, 4) is 22.8 Å². The van der Waals surface area contributed by atoms with Crippen molar-refractivity contribution in [2.75, 3.05) is 30.5 Å². The molecule has 1 aliphatic rings. The number of anilines is 2. The van der Waals surface area contributed by atoms with Gasteiger partial charge in [0.25, 0.3) is 0 Å². The molecule has 2 aromatic heterocycles. The summed E-state index contributed by atoms with van der Waals surface area (Å²) >= 11 is 9.91. The Morgan fingerprint density at radius 1 is 1.09 bits per heavy atom. The maximum absolute atomic E-state index is 12.2. The predicted molar refractivity (Wildman–Crippen MR) is 138 cm³/mol. The summed E-state index contributed by atoms with van der Waals surface area (Å²) in [4.78, 5) is 16.9. The van der Waals surface area contributed by atoms with Crippen LogP contribution in [0.4, 0.5) is 16.3 Å². The Kier molecular flexibility index (Phi) is 6.91. The lowest BCUT2D eigenvalue weighted by atomic mass is 10.1. The van der Waals surface area contributed by atoms with E-state index in [1.807, 2.05) is 30.3 Å². The normalized spacial score (nSPS) is 12.1. The van der Waals surface area contributed by atoms with Crippen molar-refractivity contribution in [2.24, 2.45) is 0 Å². The number of benzene rings is 2. The van der Waals surface area contributed by atoms with Crippen LogP contribution >= 0.6 is 27.5 Å². The number of nitrogens with zero attached hydrogens (tertiary/aromatic N) is 3. The van der Waals surface area contributed by atoms with Crippen LogP contribution < -0.4 is 25.4 Å². The minimum Gasteiger partial charge on any atom is -0.454 e. The van der Waals surface area contributed by atoms with E-state index in [1.165, 1.54) is 0 Å². The fraction of sp³-hybridized carbons (Fsp3) is 0.208. The zero-order valence-corrected chi connectivity index (χ0v) is 20.9. The average molecular weight is 558 g/mol. The highest BCUT2D eigenvalue weighted by Gasteiger charge is 2.15. The largest absolute Gasteiger partial charge is 0.454 e. The number of fused-ring (bicyclic) bond motifs is 2. The van der Waals surface area contributed by atoms with E-state index in [9.17, 15) is 4.79 Å². The van der Waals surface area contributed by atoms with Crippen molar-refractivity contribution in [1.82, 2.24) is 19.9 Å². The minimum absolute atomic E-state index is 0.197. The molecule has 0 radical (unpaired) electrons. The van der Waals surface area contributed by atoms with E-state index in [0.29, 0.717) is 40.9 Å². The number of halogens is 2. The third kappa shape index (κ3) is 5.28. The Bertz CT molecular complexity index is 1380. The van der Waals surface area contributed by atoms with E-state index in [-0.39, 0.29) is 12.8 Å². The zero-order valence-electron chi connectivity index (χ0n) is 18.6. The number of unbranched alkanes of at least 4 members (excludes halogenated alkanes) is 1. The van der Waals surface area contributed by atoms with Gasteiger partial charge >= 0.3 is 6.03 Å². The molecule has 2 amide bonds. The van der Waals surface area contributed by atoms with Crippen molar-refractivity contribution < 1.29 is 14.3 Å². The van der Waals surface area contributed by atoms with Crippen molar-refractivity contribution in [3.63, 3.8) is 0 Å². The molecule has 0 atom stereocenters. The highest BCUT2D eigenvalue weighted by molar-refractivity contribution is 9.10. The molecule has 0 spiro atoms. The zero-order chi connectivity index (χ0) is 24.2. The van der Waals surface area contributed by atoms with Crippen molar-refractivity contribution in [1.29, 1.82) is 0 Å². The Morgan fingerprint density at radius 3 is 2.80 bits per heavy atom. The number of carbonyl (C=O) groups excluding carboxylic acids is 1. The van der Waals surface area contributed by atoms with Gasteiger partial charge < -0.3 is 25.4 Å². The van der Waals surface area contributed by atoms with E-state index < -0.39 is 0 Å². The van der Waals surface area contributed by atoms with Crippen molar-refractivity contribution in [3.05, 3.63) is 64.2 Å². The third-order valence-corrected chi connectivity index (χ3v) is 6.29. The summed E-state index contributed by atoms with van der Waals surface area (Å²) < 4.78 is 13.2. The molecule has 2 aromatic carbocycles. The number of urea groups is 1. The summed E-state index contributed by atoms with van der Waals surface area (Å²) in [6.45, 7) is 1.44. The van der Waals surface area contributed by atoms with E-state index in [2.05, 4.69) is 37.0 Å². The van der Waals surface area contributed by atoms with Crippen LogP contribution in [0, 0.1) is 0 Å². The van der Waals surface area contributed by atoms with Crippen molar-refractivity contribution in [2.45, 2.75) is 12.8 Å². The summed E-state index contributed by atoms with van der Waals surface area (Å²) in [5, 5.41) is 14.1. The van der Waals surface area contributed by atoms with Crippen LogP contribution in [0.5, 0.6) is 11.5 Å². The lowest BCUT2D eigenvalue weighted by molar-refractivity contribution is 0.174. The van der Waals surface area contributed by atoms with Crippen LogP contribution in [0.2, 0.25) is 5.02 Å². The minimum atomic E-state index is -0.265. The first-order valence-corrected chi connectivity index (χ1v) is 12.2. The molecule has 35 heavy (non-hydrogen) atoms. The number of nitrogens with one attached hydrogen (secondary N) is 3. The van der Waals surface area contributed by atoms with Gasteiger partial charge in [-0.2, -0.15) is 9.61 Å². The van der Waals surface area contributed by atoms with Gasteiger partial charge in [0.05, 0.1) is 16.4 Å². The SMILES string of the molecule is O=C(NCCCCNc1cc(-c2ccccc2Cl)nc2c(Br)cnn12)Nc1ccc2c(c1)OCO2. The lowest BCUT2D eigenvalue weighted by Crippen LogP contribution is -2.29. The molecule has 9 nitrogen and oxygen atoms in total. The van der Waals surface area contributed by atoms with Crippen LogP contribution in [0.1, 0.15) is 12.8 Å². The molecule has 3 heterocycles. The Morgan fingerprint density at radius 2 is 1.91 bits per heavy atom. The second-order valence-corrected chi connectivity index (χ2v) is 9.08. The second-order valence-electron chi connectivity index (χ2n) is 7.82. The highest BCUT2D eigenvalue weighted by atomic mass is 79.9. The van der Waals surface area contributed by atoms with Gasteiger partial charge in [-0.1, -0.05) is 29.8 Å². The number of ether oxygens (including phenoxy) is 2. The fourth-order valence-electron chi connectivity index (χ4n) is 3.69. The van der Waals surface area contributed by atoms with Gasteiger partial charge in [-0.25, -0.2) is 9.78 Å². The fourth-order valence-corrected chi connectivity index (χ4v) is 4.27. The molecule has 0 saturated heterocycles. The monoisotopic (exact) mass is 556 g/mol. The summed E-state index contributed by atoms with van der Waals surface area (Å²) in [6, 6.07) is 14.6. The van der Waals surface area contributed by atoms with E-state index in [0.717, 1.165) is 34.4 Å². The summed E-state index contributed by atoms with van der Waals surface area (Å²) in [5.41, 5.74) is 2.96. The number of amides is 2. The topological polar surface area (TPSA) is 102 Å².